The monoisotopic (exact) mass is 568 g/mol. The minimum atomic E-state index is -1.02. The second kappa shape index (κ2) is 12.8. The van der Waals surface area contributed by atoms with Crippen LogP contribution in [-0.2, 0) is 14.2 Å². The van der Waals surface area contributed by atoms with Crippen LogP contribution in [0, 0.1) is 20.2 Å². The molecule has 2 aromatic carbocycles. The summed E-state index contributed by atoms with van der Waals surface area (Å²) in [4.78, 5) is 62.5. The average Bonchev–Trinajstić information content (AvgIpc) is 2.97. The Hall–Kier alpha value is -5.18. The molecule has 41 heavy (non-hydrogen) atoms. The lowest BCUT2D eigenvalue weighted by molar-refractivity contribution is -0.385. The first kappa shape index (κ1) is 28.8. The van der Waals surface area contributed by atoms with Crippen LogP contribution >= 0.6 is 0 Å². The van der Waals surface area contributed by atoms with Crippen LogP contribution in [0.1, 0.15) is 46.7 Å². The van der Waals surface area contributed by atoms with Crippen molar-refractivity contribution in [2.45, 2.75) is 38.2 Å². The predicted molar refractivity (Wildman–Crippen MR) is 138 cm³/mol. The van der Waals surface area contributed by atoms with Gasteiger partial charge in [-0.05, 0) is 44.0 Å². The molecule has 2 heterocycles. The standard InChI is InChI=1S/C26H24N4O11/c1-2-38-22-13-14-28(26(33)27-22)23-12-11-20(41-25(32)17-5-9-19(10-6-17)30(36)37)21(40-23)15-39-24(31)16-3-7-18(8-4-16)29(34)35/h3-10,13-14,20-21,23H,2,11-12,15H2,1H3. The van der Waals surface area contributed by atoms with E-state index in [1.54, 1.807) is 6.92 Å². The van der Waals surface area contributed by atoms with Crippen LogP contribution in [-0.4, -0.2) is 56.8 Å². The Bertz CT molecular complexity index is 1490. The van der Waals surface area contributed by atoms with Gasteiger partial charge in [-0.1, -0.05) is 0 Å². The quantitative estimate of drug-likeness (QED) is 0.197. The molecule has 0 spiro atoms. The molecule has 0 saturated carbocycles. The SMILES string of the molecule is CCOc1ccn(C2CCC(OC(=O)c3ccc([N+](=O)[O-])cc3)C(COC(=O)c3ccc([N+](=O)[O-])cc3)O2)c(=O)n1. The zero-order valence-corrected chi connectivity index (χ0v) is 21.6. The molecular weight excluding hydrogens is 544 g/mol. The number of hydrogen-bond donors (Lipinski definition) is 0. The summed E-state index contributed by atoms with van der Waals surface area (Å²) in [5.74, 6) is -1.43. The predicted octanol–water partition coefficient (Wildman–Crippen LogP) is 3.22. The summed E-state index contributed by atoms with van der Waals surface area (Å²) in [7, 11) is 0. The molecule has 3 atom stereocenters. The number of carbonyl (C=O) groups excluding carboxylic acids is 2. The lowest BCUT2D eigenvalue weighted by Crippen LogP contribution is -2.45. The second-order valence-corrected chi connectivity index (χ2v) is 8.75. The molecule has 1 aliphatic rings. The van der Waals surface area contributed by atoms with E-state index in [4.69, 9.17) is 18.9 Å². The molecular formula is C26H24N4O11. The summed E-state index contributed by atoms with van der Waals surface area (Å²) >= 11 is 0. The molecule has 214 valence electrons. The molecule has 0 bridgehead atoms. The third-order valence-corrected chi connectivity index (χ3v) is 6.12. The molecule has 0 amide bonds. The number of nitro groups is 2. The number of nitro benzene ring substituents is 2. The number of esters is 2. The largest absolute Gasteiger partial charge is 0.478 e. The van der Waals surface area contributed by atoms with Gasteiger partial charge >= 0.3 is 17.6 Å². The summed E-state index contributed by atoms with van der Waals surface area (Å²) in [6.07, 6.45) is -0.860. The zero-order chi connectivity index (χ0) is 29.5. The maximum Gasteiger partial charge on any atom is 0.352 e. The van der Waals surface area contributed by atoms with Gasteiger partial charge in [0.1, 0.15) is 25.0 Å². The molecule has 1 aromatic heterocycles. The molecule has 4 rings (SSSR count). The van der Waals surface area contributed by atoms with Gasteiger partial charge in [-0.2, -0.15) is 4.98 Å². The topological polar surface area (TPSA) is 192 Å². The van der Waals surface area contributed by atoms with E-state index in [9.17, 15) is 34.6 Å². The van der Waals surface area contributed by atoms with E-state index in [1.807, 2.05) is 0 Å². The zero-order valence-electron chi connectivity index (χ0n) is 21.6. The molecule has 0 radical (unpaired) electrons. The molecule has 0 aliphatic carbocycles. The molecule has 15 heteroatoms. The Labute approximate surface area is 231 Å². The smallest absolute Gasteiger partial charge is 0.352 e. The van der Waals surface area contributed by atoms with Crippen LogP contribution < -0.4 is 10.4 Å². The number of ether oxygens (including phenoxy) is 4. The van der Waals surface area contributed by atoms with Gasteiger partial charge in [-0.25, -0.2) is 14.4 Å². The van der Waals surface area contributed by atoms with Crippen molar-refractivity contribution in [1.29, 1.82) is 0 Å². The van der Waals surface area contributed by atoms with Crippen LogP contribution in [0.5, 0.6) is 5.88 Å². The number of aromatic nitrogens is 2. The lowest BCUT2D eigenvalue weighted by atomic mass is 10.0. The molecule has 1 fully saturated rings. The van der Waals surface area contributed by atoms with Gasteiger partial charge in [0.2, 0.25) is 5.88 Å². The van der Waals surface area contributed by atoms with Gasteiger partial charge in [0.15, 0.2) is 0 Å². The van der Waals surface area contributed by atoms with Gasteiger partial charge in [0.05, 0.1) is 27.6 Å². The fraction of sp³-hybridized carbons (Fsp3) is 0.308. The normalized spacial score (nSPS) is 18.2. The number of nitrogens with zero attached hydrogens (tertiary/aromatic N) is 4. The van der Waals surface area contributed by atoms with E-state index in [1.165, 1.54) is 53.2 Å². The molecule has 0 N–H and O–H groups in total. The third kappa shape index (κ3) is 7.07. The molecule has 1 saturated heterocycles. The van der Waals surface area contributed by atoms with E-state index >= 15 is 0 Å². The first-order chi connectivity index (χ1) is 19.7. The highest BCUT2D eigenvalue weighted by molar-refractivity contribution is 5.90. The lowest BCUT2D eigenvalue weighted by Gasteiger charge is -2.36. The number of carbonyl (C=O) groups is 2. The van der Waals surface area contributed by atoms with E-state index in [0.29, 0.717) is 6.61 Å². The summed E-state index contributed by atoms with van der Waals surface area (Å²) in [5, 5.41) is 21.8. The van der Waals surface area contributed by atoms with Crippen molar-refractivity contribution in [2.24, 2.45) is 0 Å². The summed E-state index contributed by atoms with van der Waals surface area (Å²) in [6, 6.07) is 11.1. The summed E-state index contributed by atoms with van der Waals surface area (Å²) < 4.78 is 23.5. The average molecular weight is 568 g/mol. The number of benzene rings is 2. The van der Waals surface area contributed by atoms with Crippen molar-refractivity contribution in [1.82, 2.24) is 9.55 Å². The van der Waals surface area contributed by atoms with Crippen molar-refractivity contribution >= 4 is 23.3 Å². The first-order valence-corrected chi connectivity index (χ1v) is 12.4. The van der Waals surface area contributed by atoms with Crippen LogP contribution in [0.2, 0.25) is 0 Å². The van der Waals surface area contributed by atoms with E-state index < -0.39 is 45.9 Å². The number of non-ortho nitro benzene ring substituents is 2. The minimum Gasteiger partial charge on any atom is -0.478 e. The van der Waals surface area contributed by atoms with Crippen LogP contribution in [0.3, 0.4) is 0 Å². The fourth-order valence-electron chi connectivity index (χ4n) is 4.07. The van der Waals surface area contributed by atoms with Gasteiger partial charge in [0, 0.05) is 36.5 Å². The Morgan fingerprint density at radius 3 is 2.07 bits per heavy atom. The van der Waals surface area contributed by atoms with Gasteiger partial charge in [-0.3, -0.25) is 24.8 Å². The van der Waals surface area contributed by atoms with Crippen molar-refractivity contribution in [3.05, 3.63) is 103 Å². The van der Waals surface area contributed by atoms with Crippen LogP contribution in [0.25, 0.3) is 0 Å². The van der Waals surface area contributed by atoms with Crippen LogP contribution in [0.15, 0.2) is 65.6 Å². The van der Waals surface area contributed by atoms with E-state index in [2.05, 4.69) is 4.98 Å². The fourth-order valence-corrected chi connectivity index (χ4v) is 4.07. The summed E-state index contributed by atoms with van der Waals surface area (Å²) in [6.45, 7) is 1.68. The van der Waals surface area contributed by atoms with E-state index in [-0.39, 0.29) is 47.8 Å². The molecule has 3 aromatic rings. The van der Waals surface area contributed by atoms with Gasteiger partial charge in [-0.15, -0.1) is 0 Å². The highest BCUT2D eigenvalue weighted by Gasteiger charge is 2.36. The Morgan fingerprint density at radius 2 is 1.54 bits per heavy atom. The maximum atomic E-state index is 12.8. The maximum absolute atomic E-state index is 12.8. The first-order valence-electron chi connectivity index (χ1n) is 12.4. The van der Waals surface area contributed by atoms with Crippen LogP contribution in [0.4, 0.5) is 11.4 Å². The molecule has 15 nitrogen and oxygen atoms in total. The minimum absolute atomic E-state index is 0.0503. The highest BCUT2D eigenvalue weighted by Crippen LogP contribution is 2.30. The van der Waals surface area contributed by atoms with Crippen molar-refractivity contribution < 1.29 is 38.4 Å². The number of rotatable bonds is 10. The van der Waals surface area contributed by atoms with Gasteiger partial charge in [0.25, 0.3) is 11.4 Å². The molecule has 3 unspecified atom stereocenters. The second-order valence-electron chi connectivity index (χ2n) is 8.75. The Kier molecular flexibility index (Phi) is 8.98. The van der Waals surface area contributed by atoms with Crippen molar-refractivity contribution in [3.63, 3.8) is 0 Å². The highest BCUT2D eigenvalue weighted by atomic mass is 16.6. The Balaban J connectivity index is 1.50. The van der Waals surface area contributed by atoms with Gasteiger partial charge < -0.3 is 18.9 Å². The third-order valence-electron chi connectivity index (χ3n) is 6.12. The number of hydrogen-bond acceptors (Lipinski definition) is 12. The summed E-state index contributed by atoms with van der Waals surface area (Å²) in [5.41, 5.74) is -0.923. The molecule has 1 aliphatic heterocycles. The Morgan fingerprint density at radius 1 is 0.951 bits per heavy atom. The van der Waals surface area contributed by atoms with E-state index in [0.717, 1.165) is 12.1 Å². The van der Waals surface area contributed by atoms with Crippen molar-refractivity contribution in [3.8, 4) is 5.88 Å². The van der Waals surface area contributed by atoms with Crippen molar-refractivity contribution in [2.75, 3.05) is 13.2 Å².